The van der Waals surface area contributed by atoms with E-state index in [1.54, 1.807) is 30.6 Å². The fourth-order valence-corrected chi connectivity index (χ4v) is 3.12. The van der Waals surface area contributed by atoms with Crippen molar-refractivity contribution in [1.29, 1.82) is 0 Å². The SMILES string of the molecule is CCN1CCC(COc2ncc(-c3cccc(CO)c3F)cn2)CC1. The lowest BCUT2D eigenvalue weighted by Gasteiger charge is -2.30. The Morgan fingerprint density at radius 1 is 1.24 bits per heavy atom. The summed E-state index contributed by atoms with van der Waals surface area (Å²) in [5.41, 5.74) is 1.21. The molecular formula is C19H24FN3O2. The summed E-state index contributed by atoms with van der Waals surface area (Å²) in [6.45, 7) is 5.80. The fourth-order valence-electron chi connectivity index (χ4n) is 3.12. The second-order valence-corrected chi connectivity index (χ2v) is 6.38. The molecule has 0 radical (unpaired) electrons. The number of likely N-dealkylation sites (tertiary alicyclic amines) is 1. The first-order chi connectivity index (χ1) is 12.2. The van der Waals surface area contributed by atoms with E-state index in [2.05, 4.69) is 21.8 Å². The Morgan fingerprint density at radius 2 is 1.96 bits per heavy atom. The number of benzene rings is 1. The zero-order chi connectivity index (χ0) is 17.6. The van der Waals surface area contributed by atoms with Crippen LogP contribution in [-0.2, 0) is 6.61 Å². The van der Waals surface area contributed by atoms with E-state index in [0.29, 0.717) is 29.7 Å². The molecule has 6 heteroatoms. The number of nitrogens with zero attached hydrogens (tertiary/aromatic N) is 3. The van der Waals surface area contributed by atoms with Gasteiger partial charge in [-0.25, -0.2) is 14.4 Å². The molecule has 2 aromatic rings. The molecule has 25 heavy (non-hydrogen) atoms. The third-order valence-electron chi connectivity index (χ3n) is 4.79. The van der Waals surface area contributed by atoms with Crippen molar-refractivity contribution in [3.05, 3.63) is 42.0 Å². The molecule has 0 atom stereocenters. The summed E-state index contributed by atoms with van der Waals surface area (Å²) in [5.74, 6) is 0.0923. The van der Waals surface area contributed by atoms with Crippen LogP contribution < -0.4 is 4.74 Å². The molecule has 0 bridgehead atoms. The van der Waals surface area contributed by atoms with Crippen molar-refractivity contribution in [3.63, 3.8) is 0 Å². The minimum Gasteiger partial charge on any atom is -0.463 e. The molecule has 5 nitrogen and oxygen atoms in total. The second kappa shape index (κ2) is 8.36. The number of piperidine rings is 1. The lowest BCUT2D eigenvalue weighted by molar-refractivity contribution is 0.140. The van der Waals surface area contributed by atoms with Crippen LogP contribution in [0.25, 0.3) is 11.1 Å². The number of aromatic nitrogens is 2. The monoisotopic (exact) mass is 345 g/mol. The van der Waals surface area contributed by atoms with Gasteiger partial charge >= 0.3 is 6.01 Å². The highest BCUT2D eigenvalue weighted by molar-refractivity contribution is 5.63. The number of rotatable bonds is 6. The summed E-state index contributed by atoms with van der Waals surface area (Å²) in [6.07, 6.45) is 5.37. The average Bonchev–Trinajstić information content (AvgIpc) is 2.67. The summed E-state index contributed by atoms with van der Waals surface area (Å²) < 4.78 is 20.0. The normalized spacial score (nSPS) is 16.1. The Kier molecular flexibility index (Phi) is 5.94. The molecule has 1 aliphatic heterocycles. The lowest BCUT2D eigenvalue weighted by atomic mass is 9.98. The highest BCUT2D eigenvalue weighted by atomic mass is 19.1. The summed E-state index contributed by atoms with van der Waals surface area (Å²) in [7, 11) is 0. The fraction of sp³-hybridized carbons (Fsp3) is 0.474. The zero-order valence-corrected chi connectivity index (χ0v) is 14.5. The van der Waals surface area contributed by atoms with E-state index in [9.17, 15) is 4.39 Å². The van der Waals surface area contributed by atoms with E-state index in [-0.39, 0.29) is 12.2 Å². The molecule has 1 aliphatic rings. The van der Waals surface area contributed by atoms with Crippen LogP contribution in [-0.4, -0.2) is 46.2 Å². The van der Waals surface area contributed by atoms with E-state index in [4.69, 9.17) is 9.84 Å². The van der Waals surface area contributed by atoms with E-state index in [0.717, 1.165) is 32.5 Å². The Hall–Kier alpha value is -2.05. The molecule has 1 aromatic heterocycles. The molecular weight excluding hydrogens is 321 g/mol. The van der Waals surface area contributed by atoms with E-state index in [1.165, 1.54) is 0 Å². The van der Waals surface area contributed by atoms with Crippen molar-refractivity contribution in [1.82, 2.24) is 14.9 Å². The van der Waals surface area contributed by atoms with Gasteiger partial charge in [0.05, 0.1) is 13.2 Å². The van der Waals surface area contributed by atoms with E-state index < -0.39 is 5.82 Å². The molecule has 0 amide bonds. The van der Waals surface area contributed by atoms with Crippen LogP contribution in [0.1, 0.15) is 25.3 Å². The summed E-state index contributed by atoms with van der Waals surface area (Å²) in [5, 5.41) is 9.17. The Morgan fingerprint density at radius 3 is 2.60 bits per heavy atom. The van der Waals surface area contributed by atoms with Crippen molar-refractivity contribution in [2.45, 2.75) is 26.4 Å². The molecule has 1 saturated heterocycles. The number of hydrogen-bond donors (Lipinski definition) is 1. The van der Waals surface area contributed by atoms with Gasteiger partial charge in [0.2, 0.25) is 0 Å². The molecule has 1 N–H and O–H groups in total. The maximum absolute atomic E-state index is 14.3. The second-order valence-electron chi connectivity index (χ2n) is 6.38. The van der Waals surface area contributed by atoms with Crippen LogP contribution >= 0.6 is 0 Å². The Balaban J connectivity index is 1.59. The molecule has 0 spiro atoms. The molecule has 3 rings (SSSR count). The predicted molar refractivity (Wildman–Crippen MR) is 93.7 cm³/mol. The molecule has 134 valence electrons. The Labute approximate surface area is 147 Å². The number of aliphatic hydroxyl groups is 1. The van der Waals surface area contributed by atoms with Gasteiger partial charge in [-0.1, -0.05) is 25.1 Å². The first-order valence-electron chi connectivity index (χ1n) is 8.77. The smallest absolute Gasteiger partial charge is 0.316 e. The molecule has 0 saturated carbocycles. The number of halogens is 1. The molecule has 0 aliphatic carbocycles. The standard InChI is InChI=1S/C19H24FN3O2/c1-2-23-8-6-14(7-9-23)13-25-19-21-10-16(11-22-19)17-5-3-4-15(12-24)18(17)20/h3-5,10-11,14,24H,2,6-9,12-13H2,1H3. The maximum atomic E-state index is 14.3. The number of hydrogen-bond acceptors (Lipinski definition) is 5. The highest BCUT2D eigenvalue weighted by Gasteiger charge is 2.19. The summed E-state index contributed by atoms with van der Waals surface area (Å²) >= 11 is 0. The van der Waals surface area contributed by atoms with Gasteiger partial charge < -0.3 is 14.7 Å². The van der Waals surface area contributed by atoms with Crippen LogP contribution in [0.15, 0.2) is 30.6 Å². The van der Waals surface area contributed by atoms with Gasteiger partial charge in [0.1, 0.15) is 5.82 Å². The van der Waals surface area contributed by atoms with Crippen molar-refractivity contribution >= 4 is 0 Å². The molecule has 1 aromatic carbocycles. The largest absolute Gasteiger partial charge is 0.463 e. The predicted octanol–water partition coefficient (Wildman–Crippen LogP) is 2.89. The molecule has 1 fully saturated rings. The van der Waals surface area contributed by atoms with Crippen LogP contribution in [0.5, 0.6) is 6.01 Å². The van der Waals surface area contributed by atoms with Crippen molar-refractivity contribution in [2.75, 3.05) is 26.2 Å². The minimum absolute atomic E-state index is 0.260. The summed E-state index contributed by atoms with van der Waals surface area (Å²) in [4.78, 5) is 10.8. The van der Waals surface area contributed by atoms with E-state index in [1.807, 2.05) is 0 Å². The van der Waals surface area contributed by atoms with Crippen LogP contribution in [0.2, 0.25) is 0 Å². The zero-order valence-electron chi connectivity index (χ0n) is 14.5. The lowest BCUT2D eigenvalue weighted by Crippen LogP contribution is -2.35. The first kappa shape index (κ1) is 17.8. The molecule has 0 unspecified atom stereocenters. The van der Waals surface area contributed by atoms with Crippen molar-refractivity contribution in [3.8, 4) is 17.1 Å². The highest BCUT2D eigenvalue weighted by Crippen LogP contribution is 2.25. The molecule has 2 heterocycles. The maximum Gasteiger partial charge on any atom is 0.316 e. The van der Waals surface area contributed by atoms with Crippen LogP contribution in [0.3, 0.4) is 0 Å². The number of aliphatic hydroxyl groups excluding tert-OH is 1. The average molecular weight is 345 g/mol. The van der Waals surface area contributed by atoms with Crippen molar-refractivity contribution in [2.24, 2.45) is 5.92 Å². The topological polar surface area (TPSA) is 58.5 Å². The van der Waals surface area contributed by atoms with Gasteiger partial charge in [0.15, 0.2) is 0 Å². The van der Waals surface area contributed by atoms with E-state index >= 15 is 0 Å². The minimum atomic E-state index is -0.440. The number of ether oxygens (including phenoxy) is 1. The van der Waals surface area contributed by atoms with Gasteiger partial charge in [0.25, 0.3) is 0 Å². The van der Waals surface area contributed by atoms with Gasteiger partial charge in [-0.3, -0.25) is 0 Å². The summed E-state index contributed by atoms with van der Waals surface area (Å²) in [6, 6.07) is 5.23. The van der Waals surface area contributed by atoms with Gasteiger partial charge in [0, 0.05) is 29.1 Å². The third kappa shape index (κ3) is 4.32. The van der Waals surface area contributed by atoms with Gasteiger partial charge in [-0.2, -0.15) is 0 Å². The van der Waals surface area contributed by atoms with Crippen LogP contribution in [0.4, 0.5) is 4.39 Å². The third-order valence-corrected chi connectivity index (χ3v) is 4.79. The quantitative estimate of drug-likeness (QED) is 0.872. The van der Waals surface area contributed by atoms with Gasteiger partial charge in [-0.15, -0.1) is 0 Å². The Bertz CT molecular complexity index is 686. The van der Waals surface area contributed by atoms with Gasteiger partial charge in [-0.05, 0) is 38.4 Å². The van der Waals surface area contributed by atoms with Crippen molar-refractivity contribution < 1.29 is 14.2 Å². The van der Waals surface area contributed by atoms with Crippen LogP contribution in [0, 0.1) is 11.7 Å². The first-order valence-corrected chi connectivity index (χ1v) is 8.77.